The second kappa shape index (κ2) is 8.85. The van der Waals surface area contributed by atoms with Crippen molar-refractivity contribution in [1.82, 2.24) is 14.9 Å². The molecule has 3 N–H and O–H groups in total. The average molecular weight is 426 g/mol. The number of imidazole rings is 1. The maximum Gasteiger partial charge on any atom is 0.254 e. The second-order valence-electron chi connectivity index (χ2n) is 8.18. The number of carbonyl (C=O) groups is 1. The number of hydrogen-bond donors (Lipinski definition) is 2. The minimum atomic E-state index is 0.0726. The molecule has 4 aromatic rings. The summed E-state index contributed by atoms with van der Waals surface area (Å²) in [7, 11) is 0. The van der Waals surface area contributed by atoms with E-state index >= 15 is 0 Å². The first-order valence-corrected chi connectivity index (χ1v) is 11.1. The van der Waals surface area contributed by atoms with Crippen molar-refractivity contribution >= 4 is 22.4 Å². The fourth-order valence-corrected chi connectivity index (χ4v) is 4.47. The van der Waals surface area contributed by atoms with E-state index in [2.05, 4.69) is 33.1 Å². The summed E-state index contributed by atoms with van der Waals surface area (Å²) in [4.78, 5) is 25.8. The maximum absolute atomic E-state index is 13.6. The van der Waals surface area contributed by atoms with Crippen molar-refractivity contribution in [1.29, 1.82) is 0 Å². The van der Waals surface area contributed by atoms with Gasteiger partial charge in [-0.1, -0.05) is 54.6 Å². The fourth-order valence-electron chi connectivity index (χ4n) is 4.47. The zero-order valence-electron chi connectivity index (χ0n) is 18.0. The van der Waals surface area contributed by atoms with Crippen LogP contribution in [0.25, 0.3) is 10.8 Å². The summed E-state index contributed by atoms with van der Waals surface area (Å²) in [5, 5.41) is 2.08. The summed E-state index contributed by atoms with van der Waals surface area (Å²) in [6.45, 7) is 3.25. The number of amides is 1. The van der Waals surface area contributed by atoms with Crippen LogP contribution in [-0.2, 0) is 19.5 Å². The van der Waals surface area contributed by atoms with Crippen molar-refractivity contribution in [2.45, 2.75) is 19.5 Å². The molecule has 0 radical (unpaired) electrons. The van der Waals surface area contributed by atoms with Crippen molar-refractivity contribution in [3.63, 3.8) is 0 Å². The van der Waals surface area contributed by atoms with Crippen LogP contribution in [0.4, 0.5) is 5.69 Å². The van der Waals surface area contributed by atoms with Gasteiger partial charge in [-0.25, -0.2) is 4.98 Å². The molecule has 1 aliphatic heterocycles. The smallest absolute Gasteiger partial charge is 0.254 e. The molecule has 6 heteroatoms. The molecule has 0 bridgehead atoms. The van der Waals surface area contributed by atoms with Crippen molar-refractivity contribution in [3.8, 4) is 0 Å². The molecule has 0 unspecified atom stereocenters. The Morgan fingerprint density at radius 1 is 1.00 bits per heavy atom. The molecule has 3 aromatic carbocycles. The minimum Gasteiger partial charge on any atom is -0.364 e. The molecule has 162 valence electrons. The number of aromatic amines is 1. The number of benzene rings is 3. The van der Waals surface area contributed by atoms with Crippen LogP contribution in [0.1, 0.15) is 27.4 Å². The summed E-state index contributed by atoms with van der Waals surface area (Å²) < 4.78 is 0. The quantitative estimate of drug-likeness (QED) is 0.511. The molecule has 5 rings (SSSR count). The zero-order valence-corrected chi connectivity index (χ0v) is 18.0. The monoisotopic (exact) mass is 425 g/mol. The van der Waals surface area contributed by atoms with Gasteiger partial charge in [-0.2, -0.15) is 0 Å². The van der Waals surface area contributed by atoms with Crippen molar-refractivity contribution in [2.24, 2.45) is 5.73 Å². The molecule has 0 saturated carbocycles. The molecule has 0 saturated heterocycles. The summed E-state index contributed by atoms with van der Waals surface area (Å²) in [6, 6.07) is 22.4. The highest BCUT2D eigenvalue weighted by Gasteiger charge is 2.25. The van der Waals surface area contributed by atoms with E-state index in [0.29, 0.717) is 26.2 Å². The highest BCUT2D eigenvalue weighted by Crippen LogP contribution is 2.28. The van der Waals surface area contributed by atoms with E-state index in [0.717, 1.165) is 52.1 Å². The van der Waals surface area contributed by atoms with Crippen LogP contribution in [0.5, 0.6) is 0 Å². The van der Waals surface area contributed by atoms with Gasteiger partial charge in [0.05, 0.1) is 12.2 Å². The van der Waals surface area contributed by atoms with Crippen LogP contribution in [-0.4, -0.2) is 40.4 Å². The van der Waals surface area contributed by atoms with E-state index in [-0.39, 0.29) is 5.91 Å². The maximum atomic E-state index is 13.6. The van der Waals surface area contributed by atoms with Crippen molar-refractivity contribution < 1.29 is 4.79 Å². The third kappa shape index (κ3) is 3.97. The standard InChI is InChI=1S/C26H27N5O/c27-13-12-25-28-16-21(29-25)18-30-14-15-31(17-20-7-2-4-11-24(20)30)26(32)23-10-5-8-19-6-1-3-9-22(19)23/h1-11,16H,12-15,17-18,27H2,(H,28,29). The lowest BCUT2D eigenvalue weighted by atomic mass is 10.0. The number of hydrogen-bond acceptors (Lipinski definition) is 4. The number of anilines is 1. The van der Waals surface area contributed by atoms with Gasteiger partial charge in [-0.05, 0) is 35.0 Å². The Labute approximate surface area is 187 Å². The van der Waals surface area contributed by atoms with Crippen LogP contribution < -0.4 is 10.6 Å². The molecule has 0 atom stereocenters. The van der Waals surface area contributed by atoms with Crippen LogP contribution >= 0.6 is 0 Å². The molecule has 0 spiro atoms. The number of nitrogens with zero attached hydrogens (tertiary/aromatic N) is 3. The molecule has 6 nitrogen and oxygen atoms in total. The molecule has 2 heterocycles. The van der Waals surface area contributed by atoms with Gasteiger partial charge in [0.1, 0.15) is 5.82 Å². The van der Waals surface area contributed by atoms with Crippen LogP contribution in [0.3, 0.4) is 0 Å². The number of para-hydroxylation sites is 1. The number of nitrogens with two attached hydrogens (primary N) is 1. The number of rotatable bonds is 5. The van der Waals surface area contributed by atoms with Gasteiger partial charge in [0.25, 0.3) is 5.91 Å². The highest BCUT2D eigenvalue weighted by atomic mass is 16.2. The van der Waals surface area contributed by atoms with Crippen LogP contribution in [0, 0.1) is 0 Å². The van der Waals surface area contributed by atoms with E-state index in [9.17, 15) is 4.79 Å². The summed E-state index contributed by atoms with van der Waals surface area (Å²) in [6.07, 6.45) is 2.70. The third-order valence-electron chi connectivity index (χ3n) is 6.06. The number of fused-ring (bicyclic) bond motifs is 2. The van der Waals surface area contributed by atoms with E-state index < -0.39 is 0 Å². The van der Waals surface area contributed by atoms with Gasteiger partial charge in [-0.3, -0.25) is 4.79 Å². The van der Waals surface area contributed by atoms with E-state index in [1.54, 1.807) is 0 Å². The molecular weight excluding hydrogens is 398 g/mol. The van der Waals surface area contributed by atoms with Crippen molar-refractivity contribution in [3.05, 3.63) is 95.6 Å². The van der Waals surface area contributed by atoms with Crippen molar-refractivity contribution in [2.75, 3.05) is 24.5 Å². The first kappa shape index (κ1) is 20.3. The second-order valence-corrected chi connectivity index (χ2v) is 8.18. The Morgan fingerprint density at radius 2 is 1.81 bits per heavy atom. The Bertz CT molecular complexity index is 1240. The number of carbonyl (C=O) groups excluding carboxylic acids is 1. The number of nitrogens with one attached hydrogen (secondary N) is 1. The molecule has 0 aliphatic carbocycles. The van der Waals surface area contributed by atoms with Gasteiger partial charge in [0, 0.05) is 43.5 Å². The molecular formula is C26H27N5O. The van der Waals surface area contributed by atoms with E-state index in [4.69, 9.17) is 5.73 Å². The molecule has 32 heavy (non-hydrogen) atoms. The third-order valence-corrected chi connectivity index (χ3v) is 6.06. The van der Waals surface area contributed by atoms with Crippen LogP contribution in [0.2, 0.25) is 0 Å². The molecule has 0 fully saturated rings. The minimum absolute atomic E-state index is 0.0726. The summed E-state index contributed by atoms with van der Waals surface area (Å²) in [5.41, 5.74) is 9.70. The normalized spacial score (nSPS) is 13.8. The first-order chi connectivity index (χ1) is 15.7. The van der Waals surface area contributed by atoms with Gasteiger partial charge in [-0.15, -0.1) is 0 Å². The van der Waals surface area contributed by atoms with Gasteiger partial charge in [0.2, 0.25) is 0 Å². The molecule has 1 aromatic heterocycles. The summed E-state index contributed by atoms with van der Waals surface area (Å²) >= 11 is 0. The first-order valence-electron chi connectivity index (χ1n) is 11.1. The fraction of sp³-hybridized carbons (Fsp3) is 0.231. The number of aromatic nitrogens is 2. The SMILES string of the molecule is NCCc1nc(CN2CCN(C(=O)c3cccc4ccccc34)Cc3ccccc32)c[nH]1. The predicted octanol–water partition coefficient (Wildman–Crippen LogP) is 3.73. The highest BCUT2D eigenvalue weighted by molar-refractivity contribution is 6.07. The van der Waals surface area contributed by atoms with Gasteiger partial charge < -0.3 is 20.5 Å². The van der Waals surface area contributed by atoms with Gasteiger partial charge in [0.15, 0.2) is 0 Å². The predicted molar refractivity (Wildman–Crippen MR) is 128 cm³/mol. The Balaban J connectivity index is 1.42. The summed E-state index contributed by atoms with van der Waals surface area (Å²) in [5.74, 6) is 0.988. The van der Waals surface area contributed by atoms with Crippen LogP contribution in [0.15, 0.2) is 72.9 Å². The zero-order chi connectivity index (χ0) is 21.9. The average Bonchev–Trinajstić information content (AvgIpc) is 3.18. The lowest BCUT2D eigenvalue weighted by Crippen LogP contribution is -2.35. The lowest BCUT2D eigenvalue weighted by Gasteiger charge is -2.24. The van der Waals surface area contributed by atoms with E-state index in [1.807, 2.05) is 59.6 Å². The largest absolute Gasteiger partial charge is 0.364 e. The lowest BCUT2D eigenvalue weighted by molar-refractivity contribution is 0.0753. The molecule has 1 amide bonds. The Morgan fingerprint density at radius 3 is 2.72 bits per heavy atom. The Kier molecular flexibility index (Phi) is 5.60. The topological polar surface area (TPSA) is 78.2 Å². The Hall–Kier alpha value is -3.64. The molecule has 1 aliphatic rings. The van der Waals surface area contributed by atoms with Gasteiger partial charge >= 0.3 is 0 Å². The van der Waals surface area contributed by atoms with E-state index in [1.165, 1.54) is 0 Å². The number of H-pyrrole nitrogens is 1.